The third-order valence-corrected chi connectivity index (χ3v) is 3.90. The van der Waals surface area contributed by atoms with Gasteiger partial charge in [-0.05, 0) is 36.4 Å². The van der Waals surface area contributed by atoms with Gasteiger partial charge in [-0.1, -0.05) is 12.1 Å². The van der Waals surface area contributed by atoms with Gasteiger partial charge in [-0.2, -0.15) is 0 Å². The molecule has 0 aliphatic rings. The van der Waals surface area contributed by atoms with Crippen molar-refractivity contribution >= 4 is 27.5 Å². The van der Waals surface area contributed by atoms with E-state index < -0.39 is 15.9 Å². The number of aromatic hydroxyl groups is 1. The fourth-order valence-electron chi connectivity index (χ4n) is 2.12. The molecule has 0 heterocycles. The van der Waals surface area contributed by atoms with E-state index in [1.54, 1.807) is 12.1 Å². The van der Waals surface area contributed by atoms with Crippen LogP contribution in [0.5, 0.6) is 5.75 Å². The number of nitrogens with one attached hydrogen (secondary N) is 3. The Morgan fingerprint density at radius 2 is 1.50 bits per heavy atom. The first-order valence-electron chi connectivity index (χ1n) is 7.68. The Morgan fingerprint density at radius 3 is 2.08 bits per heavy atom. The molecule has 138 valence electrons. The molecule has 0 atom stereocenters. The van der Waals surface area contributed by atoms with Crippen molar-refractivity contribution in [3.05, 3.63) is 59.7 Å². The van der Waals surface area contributed by atoms with Crippen molar-refractivity contribution in [2.45, 2.75) is 0 Å². The second-order valence-electron chi connectivity index (χ2n) is 5.48. The normalized spacial score (nSPS) is 10.8. The van der Waals surface area contributed by atoms with E-state index in [1.165, 1.54) is 36.4 Å². The minimum absolute atomic E-state index is 0.114. The third-order valence-electron chi connectivity index (χ3n) is 3.30. The number of sulfonamides is 1. The molecule has 26 heavy (non-hydrogen) atoms. The summed E-state index contributed by atoms with van der Waals surface area (Å²) in [6.07, 6.45) is 1.04. The van der Waals surface area contributed by atoms with Gasteiger partial charge in [0.2, 0.25) is 10.0 Å². The number of amides is 2. The SMILES string of the molecule is CS(=O)(=O)Nc1ccc(C(=O)NCCNC(=O)c2ccccc2O)cc1. The van der Waals surface area contributed by atoms with Crippen LogP contribution in [0.2, 0.25) is 0 Å². The van der Waals surface area contributed by atoms with Gasteiger partial charge in [0.05, 0.1) is 11.8 Å². The van der Waals surface area contributed by atoms with Crippen molar-refractivity contribution in [3.63, 3.8) is 0 Å². The molecule has 0 radical (unpaired) electrons. The van der Waals surface area contributed by atoms with Crippen LogP contribution in [-0.4, -0.2) is 44.7 Å². The molecule has 9 heteroatoms. The number of hydrogen-bond donors (Lipinski definition) is 4. The molecule has 4 N–H and O–H groups in total. The Labute approximate surface area is 151 Å². The van der Waals surface area contributed by atoms with Gasteiger partial charge in [-0.15, -0.1) is 0 Å². The molecular formula is C17H19N3O5S. The summed E-state index contributed by atoms with van der Waals surface area (Å²) in [6.45, 7) is 0.383. The molecule has 0 fully saturated rings. The van der Waals surface area contributed by atoms with E-state index in [0.717, 1.165) is 6.26 Å². The Balaban J connectivity index is 1.80. The van der Waals surface area contributed by atoms with Gasteiger partial charge in [-0.3, -0.25) is 14.3 Å². The van der Waals surface area contributed by atoms with Crippen LogP contribution in [0.1, 0.15) is 20.7 Å². The van der Waals surface area contributed by atoms with Gasteiger partial charge in [0.25, 0.3) is 11.8 Å². The molecule has 0 unspecified atom stereocenters. The van der Waals surface area contributed by atoms with Crippen LogP contribution in [0.3, 0.4) is 0 Å². The highest BCUT2D eigenvalue weighted by Gasteiger charge is 2.10. The van der Waals surface area contributed by atoms with E-state index >= 15 is 0 Å². The zero-order valence-electron chi connectivity index (χ0n) is 14.0. The number of benzene rings is 2. The maximum absolute atomic E-state index is 12.0. The quantitative estimate of drug-likeness (QED) is 0.534. The molecule has 0 bridgehead atoms. The molecule has 2 aromatic carbocycles. The summed E-state index contributed by atoms with van der Waals surface area (Å²) in [6, 6.07) is 12.1. The number of carbonyl (C=O) groups excluding carboxylic acids is 2. The van der Waals surface area contributed by atoms with Crippen molar-refractivity contribution in [2.24, 2.45) is 0 Å². The molecule has 8 nitrogen and oxygen atoms in total. The lowest BCUT2D eigenvalue weighted by molar-refractivity contribution is 0.0926. The molecule has 0 spiro atoms. The van der Waals surface area contributed by atoms with Crippen molar-refractivity contribution in [3.8, 4) is 5.75 Å². The van der Waals surface area contributed by atoms with Crippen molar-refractivity contribution in [1.29, 1.82) is 0 Å². The van der Waals surface area contributed by atoms with Crippen molar-refractivity contribution < 1.29 is 23.1 Å². The fraction of sp³-hybridized carbons (Fsp3) is 0.176. The summed E-state index contributed by atoms with van der Waals surface area (Å²) in [5.41, 5.74) is 0.878. The second-order valence-corrected chi connectivity index (χ2v) is 7.23. The van der Waals surface area contributed by atoms with Crippen LogP contribution in [0.25, 0.3) is 0 Å². The van der Waals surface area contributed by atoms with Gasteiger partial charge < -0.3 is 15.7 Å². The zero-order chi connectivity index (χ0) is 19.2. The number of phenols is 1. The van der Waals surface area contributed by atoms with Gasteiger partial charge in [0.1, 0.15) is 5.75 Å². The maximum Gasteiger partial charge on any atom is 0.255 e. The Bertz CT molecular complexity index is 895. The molecule has 2 aromatic rings. The van der Waals surface area contributed by atoms with Crippen LogP contribution >= 0.6 is 0 Å². The van der Waals surface area contributed by atoms with E-state index in [4.69, 9.17) is 0 Å². The summed E-state index contributed by atoms with van der Waals surface area (Å²) in [5.74, 6) is -0.905. The first-order valence-corrected chi connectivity index (χ1v) is 9.57. The summed E-state index contributed by atoms with van der Waals surface area (Å²) in [7, 11) is -3.37. The number of phenolic OH excluding ortho intramolecular Hbond substituents is 1. The smallest absolute Gasteiger partial charge is 0.255 e. The Kier molecular flexibility index (Phi) is 6.18. The van der Waals surface area contributed by atoms with Gasteiger partial charge in [0, 0.05) is 24.3 Å². The summed E-state index contributed by atoms with van der Waals surface area (Å²) >= 11 is 0. The Morgan fingerprint density at radius 1 is 0.923 bits per heavy atom. The van der Waals surface area contributed by atoms with Crippen LogP contribution in [-0.2, 0) is 10.0 Å². The largest absolute Gasteiger partial charge is 0.507 e. The molecule has 0 aromatic heterocycles. The van der Waals surface area contributed by atoms with Gasteiger partial charge in [-0.25, -0.2) is 8.42 Å². The van der Waals surface area contributed by atoms with Crippen molar-refractivity contribution in [2.75, 3.05) is 24.1 Å². The van der Waals surface area contributed by atoms with Crippen LogP contribution < -0.4 is 15.4 Å². The molecular weight excluding hydrogens is 358 g/mol. The monoisotopic (exact) mass is 377 g/mol. The van der Waals surface area contributed by atoms with Crippen LogP contribution in [0.15, 0.2) is 48.5 Å². The molecule has 0 saturated heterocycles. The summed E-state index contributed by atoms with van der Waals surface area (Å²) in [4.78, 5) is 23.9. The van der Waals surface area contributed by atoms with Crippen molar-refractivity contribution in [1.82, 2.24) is 10.6 Å². The van der Waals surface area contributed by atoms with E-state index in [2.05, 4.69) is 15.4 Å². The second kappa shape index (κ2) is 8.34. The average Bonchev–Trinajstić information content (AvgIpc) is 2.58. The lowest BCUT2D eigenvalue weighted by atomic mass is 10.2. The highest BCUT2D eigenvalue weighted by atomic mass is 32.2. The standard InChI is InChI=1S/C17H19N3O5S/c1-26(24,25)20-13-8-6-12(7-9-13)16(22)18-10-11-19-17(23)14-4-2-3-5-15(14)21/h2-9,20-21H,10-11H2,1H3,(H,18,22)(H,19,23). The number of para-hydroxylation sites is 1. The summed E-state index contributed by atoms with van der Waals surface area (Å²) < 4.78 is 24.6. The molecule has 0 saturated carbocycles. The predicted octanol–water partition coefficient (Wildman–Crippen LogP) is 0.923. The highest BCUT2D eigenvalue weighted by molar-refractivity contribution is 7.92. The Hall–Kier alpha value is -3.07. The number of anilines is 1. The lowest BCUT2D eigenvalue weighted by Crippen LogP contribution is -2.34. The minimum atomic E-state index is -3.37. The molecule has 0 aliphatic carbocycles. The van der Waals surface area contributed by atoms with E-state index in [9.17, 15) is 23.1 Å². The lowest BCUT2D eigenvalue weighted by Gasteiger charge is -2.09. The topological polar surface area (TPSA) is 125 Å². The maximum atomic E-state index is 12.0. The molecule has 2 amide bonds. The van der Waals surface area contributed by atoms with Crippen LogP contribution in [0.4, 0.5) is 5.69 Å². The minimum Gasteiger partial charge on any atom is -0.507 e. The number of rotatable bonds is 7. The zero-order valence-corrected chi connectivity index (χ0v) is 14.8. The van der Waals surface area contributed by atoms with Gasteiger partial charge in [0.15, 0.2) is 0 Å². The third kappa shape index (κ3) is 5.78. The van der Waals surface area contributed by atoms with Gasteiger partial charge >= 0.3 is 0 Å². The predicted molar refractivity (Wildman–Crippen MR) is 97.7 cm³/mol. The first-order chi connectivity index (χ1) is 12.3. The first kappa shape index (κ1) is 19.3. The highest BCUT2D eigenvalue weighted by Crippen LogP contribution is 2.14. The number of hydrogen-bond acceptors (Lipinski definition) is 5. The fourth-order valence-corrected chi connectivity index (χ4v) is 2.68. The molecule has 0 aliphatic heterocycles. The summed E-state index contributed by atoms with van der Waals surface area (Å²) in [5, 5.41) is 14.8. The van der Waals surface area contributed by atoms with E-state index in [-0.39, 0.29) is 30.3 Å². The van der Waals surface area contributed by atoms with E-state index in [0.29, 0.717) is 11.3 Å². The number of carbonyl (C=O) groups is 2. The average molecular weight is 377 g/mol. The molecule has 2 rings (SSSR count). The van der Waals surface area contributed by atoms with Crippen LogP contribution in [0, 0.1) is 0 Å². The van der Waals surface area contributed by atoms with E-state index in [1.807, 2.05) is 0 Å².